The largest absolute Gasteiger partial charge is 0.416 e. The number of hydrogen-bond donors (Lipinski definition) is 4. The van der Waals surface area contributed by atoms with E-state index in [-0.39, 0.29) is 12.0 Å². The first kappa shape index (κ1) is 26.4. The molecule has 10 heteroatoms. The lowest BCUT2D eigenvalue weighted by atomic mass is 10.00. The van der Waals surface area contributed by atoms with Gasteiger partial charge in [-0.15, -0.1) is 0 Å². The van der Waals surface area contributed by atoms with Gasteiger partial charge < -0.3 is 25.7 Å². The van der Waals surface area contributed by atoms with Crippen molar-refractivity contribution in [2.75, 3.05) is 31.5 Å². The van der Waals surface area contributed by atoms with E-state index in [1.54, 1.807) is 0 Å². The molecule has 2 unspecified atom stereocenters. The number of pyridine rings is 1. The molecule has 0 spiro atoms. The van der Waals surface area contributed by atoms with Crippen molar-refractivity contribution in [2.45, 2.75) is 57.0 Å². The highest BCUT2D eigenvalue weighted by atomic mass is 19.4. The van der Waals surface area contributed by atoms with Crippen molar-refractivity contribution in [3.05, 3.63) is 58.8 Å². The highest BCUT2D eigenvalue weighted by Gasteiger charge is 2.31. The van der Waals surface area contributed by atoms with Crippen LogP contribution < -0.4 is 10.6 Å². The fourth-order valence-corrected chi connectivity index (χ4v) is 4.92. The normalized spacial score (nSPS) is 19.1. The number of fused-ring (bicyclic) bond motifs is 1. The van der Waals surface area contributed by atoms with Gasteiger partial charge in [0, 0.05) is 30.9 Å². The Balaban J connectivity index is 1.24. The molecule has 2 aliphatic rings. The monoisotopic (exact) mass is 506 g/mol. The molecule has 3 heterocycles. The van der Waals surface area contributed by atoms with Crippen LogP contribution >= 0.6 is 0 Å². The minimum Gasteiger partial charge on any atom is -0.370 e. The summed E-state index contributed by atoms with van der Waals surface area (Å²) in [5.74, 6) is 0.742. The van der Waals surface area contributed by atoms with Crippen molar-refractivity contribution >= 4 is 11.7 Å². The molecule has 2 aliphatic heterocycles. The van der Waals surface area contributed by atoms with Crippen molar-refractivity contribution in [3.8, 4) is 0 Å². The first-order valence-electron chi connectivity index (χ1n) is 12.5. The van der Waals surface area contributed by atoms with Crippen LogP contribution in [-0.4, -0.2) is 64.5 Å². The topological polar surface area (TPSA) is 97.7 Å². The lowest BCUT2D eigenvalue weighted by Crippen LogP contribution is -2.45. The second-order valence-electron chi connectivity index (χ2n) is 9.70. The number of amides is 1. The number of aryl methyl sites for hydroxylation is 2. The van der Waals surface area contributed by atoms with Gasteiger partial charge in [-0.3, -0.25) is 4.79 Å². The molecule has 1 fully saturated rings. The Morgan fingerprint density at radius 3 is 2.86 bits per heavy atom. The average molecular weight is 507 g/mol. The van der Waals surface area contributed by atoms with Gasteiger partial charge in [-0.25, -0.2) is 4.98 Å². The van der Waals surface area contributed by atoms with Crippen molar-refractivity contribution in [1.29, 1.82) is 0 Å². The number of likely N-dealkylation sites (tertiary alicyclic amines) is 1. The number of halogens is 3. The van der Waals surface area contributed by atoms with Gasteiger partial charge in [0.2, 0.25) is 0 Å². The highest BCUT2D eigenvalue weighted by molar-refractivity contribution is 5.94. The zero-order valence-electron chi connectivity index (χ0n) is 20.1. The predicted octanol–water partition coefficient (Wildman–Crippen LogP) is 3.21. The summed E-state index contributed by atoms with van der Waals surface area (Å²) in [5, 5.41) is 25.3. The molecular weight excluding hydrogens is 473 g/mol. The molecule has 1 aromatic carbocycles. The first-order valence-corrected chi connectivity index (χ1v) is 12.5. The lowest BCUT2D eigenvalue weighted by molar-refractivity contribution is -0.137. The second kappa shape index (κ2) is 11.6. The summed E-state index contributed by atoms with van der Waals surface area (Å²) in [6.07, 6.45) is -0.961. The molecule has 4 rings (SSSR count). The third kappa shape index (κ3) is 6.96. The summed E-state index contributed by atoms with van der Waals surface area (Å²) in [7, 11) is 0. The maximum Gasteiger partial charge on any atom is 0.416 e. The minimum atomic E-state index is -4.56. The number of aliphatic hydroxyl groups excluding tert-OH is 1. The number of carbonyl (C=O) groups is 1. The van der Waals surface area contributed by atoms with Gasteiger partial charge in [-0.1, -0.05) is 12.1 Å². The molecular formula is C26H33F3N4O3. The number of benzene rings is 1. The van der Waals surface area contributed by atoms with Crippen LogP contribution in [0, 0.1) is 5.92 Å². The summed E-state index contributed by atoms with van der Waals surface area (Å²) in [6, 6.07) is 7.36. The van der Waals surface area contributed by atoms with E-state index in [9.17, 15) is 28.2 Å². The van der Waals surface area contributed by atoms with E-state index >= 15 is 0 Å². The SMILES string of the molecule is O=C(NC(CCN1CCC(CCc2ccc3c(n2)NCCC3)C1)C(O)O)c1cccc(C(F)(F)F)c1. The van der Waals surface area contributed by atoms with E-state index in [1.807, 2.05) is 0 Å². The lowest BCUT2D eigenvalue weighted by Gasteiger charge is -2.24. The predicted molar refractivity (Wildman–Crippen MR) is 129 cm³/mol. The van der Waals surface area contributed by atoms with E-state index in [2.05, 4.69) is 27.7 Å². The molecule has 0 aliphatic carbocycles. The second-order valence-corrected chi connectivity index (χ2v) is 9.70. The van der Waals surface area contributed by atoms with Crippen molar-refractivity contribution in [3.63, 3.8) is 0 Å². The van der Waals surface area contributed by atoms with Gasteiger partial charge in [0.25, 0.3) is 5.91 Å². The smallest absolute Gasteiger partial charge is 0.370 e. The molecule has 36 heavy (non-hydrogen) atoms. The highest BCUT2D eigenvalue weighted by Crippen LogP contribution is 2.29. The molecule has 1 aromatic heterocycles. The van der Waals surface area contributed by atoms with Crippen molar-refractivity contribution in [2.24, 2.45) is 5.92 Å². The van der Waals surface area contributed by atoms with Crippen LogP contribution in [0.25, 0.3) is 0 Å². The Morgan fingerprint density at radius 1 is 1.25 bits per heavy atom. The molecule has 196 valence electrons. The van der Waals surface area contributed by atoms with Crippen LogP contribution in [0.3, 0.4) is 0 Å². The molecule has 4 N–H and O–H groups in total. The molecule has 0 saturated carbocycles. The summed E-state index contributed by atoms with van der Waals surface area (Å²) >= 11 is 0. The summed E-state index contributed by atoms with van der Waals surface area (Å²) in [4.78, 5) is 19.5. The zero-order chi connectivity index (χ0) is 25.7. The quantitative estimate of drug-likeness (QED) is 0.390. The van der Waals surface area contributed by atoms with Gasteiger partial charge >= 0.3 is 6.18 Å². The van der Waals surface area contributed by atoms with Crippen molar-refractivity contribution < 1.29 is 28.2 Å². The summed E-state index contributed by atoms with van der Waals surface area (Å²) < 4.78 is 38.8. The van der Waals surface area contributed by atoms with Crippen LogP contribution in [0.1, 0.15) is 52.9 Å². The summed E-state index contributed by atoms with van der Waals surface area (Å²) in [5.41, 5.74) is 1.25. The average Bonchev–Trinajstić information content (AvgIpc) is 3.32. The van der Waals surface area contributed by atoms with E-state index in [1.165, 1.54) is 11.6 Å². The molecule has 2 atom stereocenters. The minimum absolute atomic E-state index is 0.178. The van der Waals surface area contributed by atoms with Crippen molar-refractivity contribution in [1.82, 2.24) is 15.2 Å². The first-order chi connectivity index (χ1) is 17.2. The van der Waals surface area contributed by atoms with Gasteiger partial charge in [0.05, 0.1) is 11.6 Å². The Bertz CT molecular complexity index is 1050. The molecule has 1 amide bonds. The maximum absolute atomic E-state index is 12.9. The standard InChI is InChI=1S/C26H33F3N4O3/c27-26(28,29)20-5-1-3-19(15-20)24(34)32-22(25(35)36)11-14-33-13-10-17(16-33)6-8-21-9-7-18-4-2-12-30-23(18)31-21/h1,3,5,7,9,15,17,22,25,35-36H,2,4,6,8,10-14,16H2,(H,30,31)(H,32,34). The number of aromatic nitrogens is 1. The number of rotatable bonds is 9. The number of nitrogens with one attached hydrogen (secondary N) is 2. The van der Waals surface area contributed by atoms with Gasteiger partial charge in [-0.2, -0.15) is 13.2 Å². The Labute approximate surface area is 208 Å². The van der Waals surface area contributed by atoms with E-state index in [0.717, 1.165) is 81.4 Å². The van der Waals surface area contributed by atoms with E-state index < -0.39 is 30.0 Å². The molecule has 0 radical (unpaired) electrons. The van der Waals surface area contributed by atoms with Gasteiger partial charge in [-0.05, 0) is 80.8 Å². The number of hydrogen-bond acceptors (Lipinski definition) is 6. The molecule has 1 saturated heterocycles. The van der Waals surface area contributed by atoms with Crippen LogP contribution in [0.15, 0.2) is 36.4 Å². The van der Waals surface area contributed by atoms with Crippen LogP contribution in [0.2, 0.25) is 0 Å². The third-order valence-electron chi connectivity index (χ3n) is 7.02. The van der Waals surface area contributed by atoms with E-state index in [0.29, 0.717) is 12.5 Å². The van der Waals surface area contributed by atoms with E-state index in [4.69, 9.17) is 4.98 Å². The number of alkyl halides is 3. The number of anilines is 1. The van der Waals surface area contributed by atoms with Crippen LogP contribution in [-0.2, 0) is 19.0 Å². The molecule has 7 nitrogen and oxygen atoms in total. The van der Waals surface area contributed by atoms with Gasteiger partial charge in [0.1, 0.15) is 5.82 Å². The fraction of sp³-hybridized carbons (Fsp3) is 0.538. The maximum atomic E-state index is 12.9. The van der Waals surface area contributed by atoms with Crippen LogP contribution in [0.4, 0.5) is 19.0 Å². The fourth-order valence-electron chi connectivity index (χ4n) is 4.92. The summed E-state index contributed by atoms with van der Waals surface area (Å²) in [6.45, 7) is 3.26. The van der Waals surface area contributed by atoms with Gasteiger partial charge in [0.15, 0.2) is 6.29 Å². The number of carbonyl (C=O) groups excluding carboxylic acids is 1. The zero-order valence-corrected chi connectivity index (χ0v) is 20.1. The van der Waals surface area contributed by atoms with Crippen LogP contribution in [0.5, 0.6) is 0 Å². The molecule has 2 aromatic rings. The Morgan fingerprint density at radius 2 is 2.08 bits per heavy atom. The third-order valence-corrected chi connectivity index (χ3v) is 7.02. The Hall–Kier alpha value is -2.69. The molecule has 0 bridgehead atoms. The number of aliphatic hydroxyl groups is 2. The Kier molecular flexibility index (Phi) is 8.48. The number of nitrogens with zero attached hydrogens (tertiary/aromatic N) is 2.